The van der Waals surface area contributed by atoms with Gasteiger partial charge >= 0.3 is 0 Å². The van der Waals surface area contributed by atoms with E-state index in [0.29, 0.717) is 5.76 Å². The number of benzene rings is 2. The third-order valence-corrected chi connectivity index (χ3v) is 6.43. The quantitative estimate of drug-likeness (QED) is 0.471. The van der Waals surface area contributed by atoms with Crippen molar-refractivity contribution in [2.24, 2.45) is 0 Å². The highest BCUT2D eigenvalue weighted by Crippen LogP contribution is 2.35. The molecule has 0 amide bonds. The molecule has 0 radical (unpaired) electrons. The summed E-state index contributed by atoms with van der Waals surface area (Å²) in [4.78, 5) is 12.3. The van der Waals surface area contributed by atoms with Gasteiger partial charge in [0.25, 0.3) is 5.69 Å². The van der Waals surface area contributed by atoms with Crippen LogP contribution < -0.4 is 9.62 Å². The molecule has 1 aliphatic heterocycles. The Morgan fingerprint density at radius 1 is 1.10 bits per heavy atom. The molecular weight excluding hydrogens is 394 g/mol. The van der Waals surface area contributed by atoms with E-state index in [9.17, 15) is 18.5 Å². The van der Waals surface area contributed by atoms with Gasteiger partial charge < -0.3 is 9.32 Å². The Kier molecular flexibility index (Phi) is 5.08. The summed E-state index contributed by atoms with van der Waals surface area (Å²) in [7, 11) is -3.84. The summed E-state index contributed by atoms with van der Waals surface area (Å²) in [6.45, 7) is 0.852. The van der Waals surface area contributed by atoms with Crippen LogP contribution in [0.5, 0.6) is 0 Å². The Morgan fingerprint density at radius 2 is 1.86 bits per heavy atom. The number of para-hydroxylation sites is 1. The normalized spacial score (nSPS) is 14.6. The molecule has 2 aromatic carbocycles. The van der Waals surface area contributed by atoms with E-state index in [1.54, 1.807) is 12.3 Å². The summed E-state index contributed by atoms with van der Waals surface area (Å²) in [6.07, 6.45) is 2.44. The topological polar surface area (TPSA) is 106 Å². The molecule has 1 unspecified atom stereocenters. The lowest BCUT2D eigenvalue weighted by Gasteiger charge is -2.29. The predicted molar refractivity (Wildman–Crippen MR) is 107 cm³/mol. The molecule has 0 bridgehead atoms. The van der Waals surface area contributed by atoms with Gasteiger partial charge in [0.2, 0.25) is 10.0 Å². The van der Waals surface area contributed by atoms with Gasteiger partial charge in [-0.15, -0.1) is 0 Å². The van der Waals surface area contributed by atoms with E-state index in [0.717, 1.165) is 18.7 Å². The van der Waals surface area contributed by atoms with Crippen molar-refractivity contribution in [3.8, 4) is 0 Å². The molecule has 1 atom stereocenters. The minimum Gasteiger partial charge on any atom is -0.467 e. The molecule has 1 aliphatic rings. The molecule has 9 heteroatoms. The first-order valence-corrected chi connectivity index (χ1v) is 10.6. The number of sulfonamides is 1. The van der Waals surface area contributed by atoms with Crippen molar-refractivity contribution >= 4 is 21.4 Å². The van der Waals surface area contributed by atoms with E-state index in [-0.39, 0.29) is 23.2 Å². The van der Waals surface area contributed by atoms with Crippen LogP contribution in [0.25, 0.3) is 0 Å². The second-order valence-electron chi connectivity index (χ2n) is 6.71. The number of nitro benzene ring substituents is 1. The van der Waals surface area contributed by atoms with E-state index < -0.39 is 14.9 Å². The van der Waals surface area contributed by atoms with Crippen LogP contribution in [0.2, 0.25) is 0 Å². The molecule has 0 fully saturated rings. The Hall–Kier alpha value is -3.17. The van der Waals surface area contributed by atoms with Gasteiger partial charge in [0.15, 0.2) is 0 Å². The van der Waals surface area contributed by atoms with Crippen molar-refractivity contribution in [3.05, 3.63) is 88.4 Å². The number of hydrogen-bond acceptors (Lipinski definition) is 6. The maximum Gasteiger partial charge on any atom is 0.269 e. The molecule has 8 nitrogen and oxygen atoms in total. The van der Waals surface area contributed by atoms with E-state index in [4.69, 9.17) is 4.42 Å². The third kappa shape index (κ3) is 3.87. The molecule has 3 aromatic rings. The first kappa shape index (κ1) is 19.2. The smallest absolute Gasteiger partial charge is 0.269 e. The van der Waals surface area contributed by atoms with Crippen molar-refractivity contribution in [2.45, 2.75) is 17.4 Å². The fraction of sp³-hybridized carbons (Fsp3) is 0.200. The van der Waals surface area contributed by atoms with Gasteiger partial charge in [-0.25, -0.2) is 13.1 Å². The lowest BCUT2D eigenvalue weighted by atomic mass is 10.1. The van der Waals surface area contributed by atoms with Crippen LogP contribution in [0.4, 0.5) is 11.4 Å². The number of furan rings is 1. The number of nitro groups is 1. The van der Waals surface area contributed by atoms with Crippen molar-refractivity contribution in [1.82, 2.24) is 4.72 Å². The molecule has 0 spiro atoms. The van der Waals surface area contributed by atoms with Crippen LogP contribution in [0.3, 0.4) is 0 Å². The first-order chi connectivity index (χ1) is 14.0. The van der Waals surface area contributed by atoms with Crippen molar-refractivity contribution in [2.75, 3.05) is 18.0 Å². The lowest BCUT2D eigenvalue weighted by molar-refractivity contribution is -0.384. The summed E-state index contributed by atoms with van der Waals surface area (Å²) in [6, 6.07) is 16.1. The first-order valence-electron chi connectivity index (χ1n) is 9.08. The Labute approximate surface area is 168 Å². The van der Waals surface area contributed by atoms with Gasteiger partial charge in [0.05, 0.1) is 16.1 Å². The van der Waals surface area contributed by atoms with Crippen LogP contribution in [0.1, 0.15) is 17.4 Å². The van der Waals surface area contributed by atoms with Gasteiger partial charge in [-0.1, -0.05) is 18.2 Å². The van der Waals surface area contributed by atoms with E-state index in [1.807, 2.05) is 24.3 Å². The van der Waals surface area contributed by atoms with E-state index >= 15 is 0 Å². The SMILES string of the molecule is O=[N+]([O-])c1ccc(S(=O)(=O)NCC(c2ccco2)N2CCc3ccccc32)cc1. The number of rotatable bonds is 7. The maximum absolute atomic E-state index is 12.7. The Morgan fingerprint density at radius 3 is 2.55 bits per heavy atom. The Bertz CT molecular complexity index is 1110. The van der Waals surface area contributed by atoms with E-state index in [2.05, 4.69) is 15.7 Å². The fourth-order valence-corrected chi connectivity index (χ4v) is 4.59. The van der Waals surface area contributed by atoms with Crippen LogP contribution in [-0.4, -0.2) is 26.4 Å². The highest BCUT2D eigenvalue weighted by molar-refractivity contribution is 7.89. The number of anilines is 1. The van der Waals surface area contributed by atoms with Gasteiger partial charge in [0, 0.05) is 30.9 Å². The summed E-state index contributed by atoms with van der Waals surface area (Å²) >= 11 is 0. The van der Waals surface area contributed by atoms with Gasteiger partial charge in [-0.3, -0.25) is 10.1 Å². The van der Waals surface area contributed by atoms with Crippen LogP contribution in [0, 0.1) is 10.1 Å². The molecule has 0 saturated carbocycles. The lowest BCUT2D eigenvalue weighted by Crippen LogP contribution is -2.37. The summed E-state index contributed by atoms with van der Waals surface area (Å²) in [5.41, 5.74) is 2.11. The van der Waals surface area contributed by atoms with Gasteiger partial charge in [0.1, 0.15) is 11.8 Å². The Balaban J connectivity index is 1.57. The molecular formula is C20H19N3O5S. The number of nitrogens with zero attached hydrogens (tertiary/aromatic N) is 2. The standard InChI is InChI=1S/C20H19N3O5S/c24-23(25)16-7-9-17(10-8-16)29(26,27)21-14-19(20-6-3-13-28-20)22-12-11-15-4-1-2-5-18(15)22/h1-10,13,19,21H,11-12,14H2. The average Bonchev–Trinajstić information content (AvgIpc) is 3.39. The largest absolute Gasteiger partial charge is 0.467 e. The molecule has 0 saturated heterocycles. The highest BCUT2D eigenvalue weighted by Gasteiger charge is 2.30. The minimum absolute atomic E-state index is 0.0249. The second-order valence-corrected chi connectivity index (χ2v) is 8.47. The summed E-state index contributed by atoms with van der Waals surface area (Å²) in [5.74, 6) is 0.660. The van der Waals surface area contributed by atoms with Crippen LogP contribution in [-0.2, 0) is 16.4 Å². The third-order valence-electron chi connectivity index (χ3n) is 5.00. The number of nitrogens with one attached hydrogen (secondary N) is 1. The fourth-order valence-electron chi connectivity index (χ4n) is 3.55. The zero-order valence-electron chi connectivity index (χ0n) is 15.4. The van der Waals surface area contributed by atoms with Crippen LogP contribution in [0.15, 0.2) is 76.2 Å². The highest BCUT2D eigenvalue weighted by atomic mass is 32.2. The molecule has 2 heterocycles. The van der Waals surface area contributed by atoms with Crippen LogP contribution >= 0.6 is 0 Å². The monoisotopic (exact) mass is 413 g/mol. The average molecular weight is 413 g/mol. The number of non-ortho nitro benzene ring substituents is 1. The van der Waals surface area contributed by atoms with Gasteiger partial charge in [-0.2, -0.15) is 0 Å². The molecule has 150 valence electrons. The summed E-state index contributed by atoms with van der Waals surface area (Å²) in [5, 5.41) is 10.8. The van der Waals surface area contributed by atoms with Crippen molar-refractivity contribution in [3.63, 3.8) is 0 Å². The minimum atomic E-state index is -3.84. The molecule has 1 aromatic heterocycles. The molecule has 1 N–H and O–H groups in total. The zero-order chi connectivity index (χ0) is 20.4. The van der Waals surface area contributed by atoms with Crippen molar-refractivity contribution in [1.29, 1.82) is 0 Å². The van der Waals surface area contributed by atoms with Crippen molar-refractivity contribution < 1.29 is 17.8 Å². The zero-order valence-corrected chi connectivity index (χ0v) is 16.2. The maximum atomic E-state index is 12.7. The second kappa shape index (κ2) is 7.69. The number of fused-ring (bicyclic) bond motifs is 1. The van der Waals surface area contributed by atoms with E-state index in [1.165, 1.54) is 29.8 Å². The molecule has 0 aliphatic carbocycles. The van der Waals surface area contributed by atoms with Gasteiger partial charge in [-0.05, 0) is 42.3 Å². The molecule has 4 rings (SSSR count). The summed E-state index contributed by atoms with van der Waals surface area (Å²) < 4.78 is 33.6. The molecule has 29 heavy (non-hydrogen) atoms. The predicted octanol–water partition coefficient (Wildman–Crippen LogP) is 3.27. The number of hydrogen-bond donors (Lipinski definition) is 1.